The number of H-pyrrole nitrogens is 2. The molecule has 0 aromatic carbocycles. The fourth-order valence-corrected chi connectivity index (χ4v) is 5.22. The number of thiophene rings is 1. The van der Waals surface area contributed by atoms with E-state index in [4.69, 9.17) is 0 Å². The highest BCUT2D eigenvalue weighted by Gasteiger charge is 2.16. The molecule has 6 aromatic heterocycles. The molecule has 0 radical (unpaired) electrons. The van der Waals surface area contributed by atoms with E-state index in [0.29, 0.717) is 11.7 Å². The number of carbonyl (C=O) groups is 1. The third-order valence-electron chi connectivity index (χ3n) is 5.94. The molecule has 36 heavy (non-hydrogen) atoms. The van der Waals surface area contributed by atoms with Crippen LogP contribution in [0.2, 0.25) is 0 Å². The Morgan fingerprint density at radius 1 is 1.00 bits per heavy atom. The van der Waals surface area contributed by atoms with Gasteiger partial charge in [-0.1, -0.05) is 0 Å². The van der Waals surface area contributed by atoms with Crippen molar-refractivity contribution in [3.63, 3.8) is 0 Å². The van der Waals surface area contributed by atoms with Crippen LogP contribution in [0.15, 0.2) is 61.2 Å². The lowest BCUT2D eigenvalue weighted by atomic mass is 10.1. The number of Topliss-reactive ketones (excluding diaryl/α,β-unsaturated/α-hetero) is 1. The summed E-state index contributed by atoms with van der Waals surface area (Å²) < 4.78 is 0. The zero-order chi connectivity index (χ0) is 24.8. The van der Waals surface area contributed by atoms with Crippen LogP contribution in [0.4, 0.5) is 5.69 Å². The van der Waals surface area contributed by atoms with Crippen LogP contribution >= 0.6 is 11.3 Å². The Morgan fingerprint density at radius 3 is 2.67 bits per heavy atom. The number of hydrogen-bond donors (Lipinski definition) is 3. The monoisotopic (exact) mass is 493 g/mol. The minimum absolute atomic E-state index is 0.0566. The molecule has 3 N–H and O–H groups in total. The van der Waals surface area contributed by atoms with Crippen LogP contribution in [0.3, 0.4) is 0 Å². The van der Waals surface area contributed by atoms with E-state index in [2.05, 4.69) is 67.5 Å². The molecule has 0 unspecified atom stereocenters. The number of carbonyl (C=O) groups excluding carboxylic acids is 1. The number of ketones is 1. The molecule has 0 bridgehead atoms. The van der Waals surface area contributed by atoms with Crippen molar-refractivity contribution in [2.24, 2.45) is 0 Å². The summed E-state index contributed by atoms with van der Waals surface area (Å²) in [4.78, 5) is 30.6. The van der Waals surface area contributed by atoms with Gasteiger partial charge in [-0.05, 0) is 57.2 Å². The number of fused-ring (bicyclic) bond motifs is 2. The van der Waals surface area contributed by atoms with Crippen LogP contribution in [-0.4, -0.2) is 42.0 Å². The first kappa shape index (κ1) is 22.1. The van der Waals surface area contributed by atoms with E-state index >= 15 is 0 Å². The molecule has 0 atom stereocenters. The molecule has 0 saturated carbocycles. The molecular weight excluding hydrogens is 470 g/mol. The molecule has 0 aliphatic rings. The maximum atomic E-state index is 11.8. The predicted octanol–water partition coefficient (Wildman–Crippen LogP) is 6.31. The lowest BCUT2D eigenvalue weighted by molar-refractivity contribution is 0.102. The van der Waals surface area contributed by atoms with Crippen molar-refractivity contribution in [3.05, 3.63) is 66.1 Å². The Kier molecular flexibility index (Phi) is 5.34. The van der Waals surface area contributed by atoms with E-state index in [1.807, 2.05) is 36.8 Å². The van der Waals surface area contributed by atoms with Crippen molar-refractivity contribution >= 4 is 44.7 Å². The molecule has 0 aliphatic carbocycles. The van der Waals surface area contributed by atoms with Gasteiger partial charge in [-0.15, -0.1) is 11.3 Å². The molecule has 178 valence electrons. The van der Waals surface area contributed by atoms with E-state index in [1.54, 1.807) is 13.1 Å². The number of anilines is 1. The molecule has 0 aliphatic heterocycles. The van der Waals surface area contributed by atoms with Crippen LogP contribution in [0.25, 0.3) is 55.0 Å². The average molecular weight is 494 g/mol. The lowest BCUT2D eigenvalue weighted by Crippen LogP contribution is -2.09. The molecule has 6 heterocycles. The molecule has 8 nitrogen and oxygen atoms in total. The fourth-order valence-electron chi connectivity index (χ4n) is 4.31. The second-order valence-electron chi connectivity index (χ2n) is 8.98. The Bertz CT molecular complexity index is 1740. The Balaban J connectivity index is 1.43. The number of nitrogens with zero attached hydrogens (tertiary/aromatic N) is 4. The highest BCUT2D eigenvalue weighted by Crippen LogP contribution is 2.36. The van der Waals surface area contributed by atoms with E-state index in [9.17, 15) is 4.79 Å². The van der Waals surface area contributed by atoms with Crippen molar-refractivity contribution in [1.29, 1.82) is 0 Å². The molecule has 6 aromatic rings. The Morgan fingerprint density at radius 2 is 1.86 bits per heavy atom. The van der Waals surface area contributed by atoms with E-state index < -0.39 is 0 Å². The quantitative estimate of drug-likeness (QED) is 0.234. The second kappa shape index (κ2) is 8.69. The Hall–Kier alpha value is -4.37. The number of rotatable bonds is 6. The molecule has 0 fully saturated rings. The zero-order valence-electron chi connectivity index (χ0n) is 20.0. The first-order chi connectivity index (χ1) is 17.5. The highest BCUT2D eigenvalue weighted by molar-refractivity contribution is 7.17. The molecule has 0 saturated heterocycles. The Labute approximate surface area is 210 Å². The van der Waals surface area contributed by atoms with Gasteiger partial charge >= 0.3 is 0 Å². The van der Waals surface area contributed by atoms with Crippen LogP contribution in [0, 0.1) is 0 Å². The molecule has 0 spiro atoms. The topological polar surface area (TPSA) is 112 Å². The lowest BCUT2D eigenvalue weighted by Gasteiger charge is -2.10. The molecule has 9 heteroatoms. The summed E-state index contributed by atoms with van der Waals surface area (Å²) in [7, 11) is 0. The van der Waals surface area contributed by atoms with E-state index in [-0.39, 0.29) is 5.78 Å². The van der Waals surface area contributed by atoms with Gasteiger partial charge in [0.25, 0.3) is 0 Å². The first-order valence-electron chi connectivity index (χ1n) is 11.6. The van der Waals surface area contributed by atoms with Gasteiger partial charge in [0.15, 0.2) is 11.4 Å². The van der Waals surface area contributed by atoms with Crippen molar-refractivity contribution in [1.82, 2.24) is 30.1 Å². The van der Waals surface area contributed by atoms with E-state index in [0.717, 1.165) is 59.9 Å². The van der Waals surface area contributed by atoms with Crippen molar-refractivity contribution in [3.8, 4) is 33.1 Å². The van der Waals surface area contributed by atoms with Crippen molar-refractivity contribution < 1.29 is 4.79 Å². The summed E-state index contributed by atoms with van der Waals surface area (Å²) in [5.74, 6) is 0.0566. The number of pyridine rings is 3. The summed E-state index contributed by atoms with van der Waals surface area (Å²) in [5, 5.41) is 12.9. The summed E-state index contributed by atoms with van der Waals surface area (Å²) >= 11 is 1.46. The first-order valence-corrected chi connectivity index (χ1v) is 12.4. The van der Waals surface area contributed by atoms with E-state index in [1.165, 1.54) is 11.3 Å². The SMILES string of the molecule is CC(=O)c1ccc(-c2nccc3[nH]c(-c4[nH]nc5ncc(-c6cncc(NC(C)C)c6)cc45)cc23)s1. The summed E-state index contributed by atoms with van der Waals surface area (Å²) in [6.07, 6.45) is 7.26. The average Bonchev–Trinajstić information content (AvgIpc) is 3.60. The second-order valence-corrected chi connectivity index (χ2v) is 10.1. The maximum absolute atomic E-state index is 11.8. The van der Waals surface area contributed by atoms with Crippen molar-refractivity contribution in [2.45, 2.75) is 26.8 Å². The van der Waals surface area contributed by atoms with Crippen LogP contribution in [0.5, 0.6) is 0 Å². The van der Waals surface area contributed by atoms with Gasteiger partial charge in [0.2, 0.25) is 0 Å². The largest absolute Gasteiger partial charge is 0.382 e. The van der Waals surface area contributed by atoms with Crippen LogP contribution in [0.1, 0.15) is 30.4 Å². The zero-order valence-corrected chi connectivity index (χ0v) is 20.8. The highest BCUT2D eigenvalue weighted by atomic mass is 32.1. The third-order valence-corrected chi connectivity index (χ3v) is 7.13. The minimum atomic E-state index is 0.0566. The maximum Gasteiger partial charge on any atom is 0.181 e. The molecular formula is C27H23N7OS. The number of hydrogen-bond acceptors (Lipinski definition) is 7. The van der Waals surface area contributed by atoms with Crippen molar-refractivity contribution in [2.75, 3.05) is 5.32 Å². The number of aromatic amines is 2. The van der Waals surface area contributed by atoms with Gasteiger partial charge in [0.1, 0.15) is 0 Å². The minimum Gasteiger partial charge on any atom is -0.382 e. The predicted molar refractivity (Wildman–Crippen MR) is 144 cm³/mol. The summed E-state index contributed by atoms with van der Waals surface area (Å²) in [6.45, 7) is 5.77. The van der Waals surface area contributed by atoms with Crippen LogP contribution in [-0.2, 0) is 0 Å². The van der Waals surface area contributed by atoms with Gasteiger partial charge in [0.05, 0.1) is 32.5 Å². The molecule has 0 amide bonds. The fraction of sp³-hybridized carbons (Fsp3) is 0.148. The molecule has 6 rings (SSSR count). The smallest absolute Gasteiger partial charge is 0.181 e. The van der Waals surface area contributed by atoms with Gasteiger partial charge in [-0.2, -0.15) is 5.10 Å². The third kappa shape index (κ3) is 3.93. The van der Waals surface area contributed by atoms with Gasteiger partial charge < -0.3 is 10.3 Å². The summed E-state index contributed by atoms with van der Waals surface area (Å²) in [5.41, 5.74) is 7.07. The number of nitrogens with one attached hydrogen (secondary N) is 3. The normalized spacial score (nSPS) is 11.6. The van der Waals surface area contributed by atoms with Crippen LogP contribution < -0.4 is 5.32 Å². The van der Waals surface area contributed by atoms with Gasteiger partial charge in [-0.3, -0.25) is 19.9 Å². The summed E-state index contributed by atoms with van der Waals surface area (Å²) in [6, 6.07) is 12.3. The van der Waals surface area contributed by atoms with Gasteiger partial charge in [-0.25, -0.2) is 4.98 Å². The number of aromatic nitrogens is 6. The van der Waals surface area contributed by atoms with Gasteiger partial charge in [0, 0.05) is 58.2 Å². The standard InChI is InChI=1S/C27H23N7OS/c1-14(2)31-18-8-16(11-28-13-18)17-9-20-25(33-34-27(20)30-12-17)22-10-19-21(32-22)6-7-29-26(19)24-5-4-23(36-24)15(3)35/h4-14,31-32H,1-3H3,(H,30,33,34).